The van der Waals surface area contributed by atoms with Gasteiger partial charge in [-0.25, -0.2) is 9.59 Å². The molecule has 39 heavy (non-hydrogen) atoms. The predicted octanol–water partition coefficient (Wildman–Crippen LogP) is 1.51. The van der Waals surface area contributed by atoms with Crippen LogP contribution in [0.1, 0.15) is 51.2 Å². The maximum Gasteiger partial charge on any atom is 0.408 e. The molecule has 4 rings (SSSR count). The minimum Gasteiger partial charge on any atom is -0.463 e. The van der Waals surface area contributed by atoms with Gasteiger partial charge in [-0.15, -0.1) is 0 Å². The Bertz CT molecular complexity index is 1100. The van der Waals surface area contributed by atoms with Gasteiger partial charge in [-0.2, -0.15) is 0 Å². The zero-order chi connectivity index (χ0) is 28.3. The summed E-state index contributed by atoms with van der Waals surface area (Å²) in [5.41, 5.74) is 1.43. The lowest BCUT2D eigenvalue weighted by atomic mass is 9.95. The number of alkyl carbamates (subject to hydrolysis) is 1. The van der Waals surface area contributed by atoms with Gasteiger partial charge in [0.1, 0.15) is 11.6 Å². The Morgan fingerprint density at radius 3 is 2.26 bits per heavy atom. The minimum atomic E-state index is -1.31. The molecule has 11 nitrogen and oxygen atoms in total. The van der Waals surface area contributed by atoms with Crippen LogP contribution in [0.4, 0.5) is 4.79 Å². The highest BCUT2D eigenvalue weighted by molar-refractivity contribution is 6.36. The number of Topliss-reactive ketones (excluding diaryl/α,β-unsaturated/α-hetero) is 1. The summed E-state index contributed by atoms with van der Waals surface area (Å²) >= 11 is 0. The molecule has 212 valence electrons. The summed E-state index contributed by atoms with van der Waals surface area (Å²) in [7, 11) is 1.11. The maximum absolute atomic E-state index is 13.9. The van der Waals surface area contributed by atoms with E-state index in [9.17, 15) is 24.0 Å². The SMILES string of the molecule is COC(=O)C(=O)C(CC1CC1)NC(=O)[C@@H]1OCCN1C(=O)[C@@H](NC(=O)OC(C)(C)C)C1Cc2ccccc2C1. The average Bonchev–Trinajstić information content (AvgIpc) is 3.38. The first kappa shape index (κ1) is 28.5. The van der Waals surface area contributed by atoms with Crippen molar-refractivity contribution in [1.82, 2.24) is 15.5 Å². The van der Waals surface area contributed by atoms with Crippen LogP contribution >= 0.6 is 0 Å². The lowest BCUT2D eigenvalue weighted by molar-refractivity contribution is -0.155. The Morgan fingerprint density at radius 2 is 1.69 bits per heavy atom. The summed E-state index contributed by atoms with van der Waals surface area (Å²) in [4.78, 5) is 65.7. The molecule has 1 saturated carbocycles. The van der Waals surface area contributed by atoms with Gasteiger partial charge in [0, 0.05) is 6.54 Å². The molecular weight excluding hydrogens is 506 g/mol. The number of benzene rings is 1. The van der Waals surface area contributed by atoms with E-state index in [1.165, 1.54) is 4.90 Å². The number of hydrogen-bond acceptors (Lipinski definition) is 8. The molecule has 2 aliphatic carbocycles. The molecule has 3 atom stereocenters. The van der Waals surface area contributed by atoms with Gasteiger partial charge in [-0.3, -0.25) is 14.4 Å². The van der Waals surface area contributed by atoms with Crippen LogP contribution in [-0.2, 0) is 46.2 Å². The lowest BCUT2D eigenvalue weighted by Crippen LogP contribution is -2.58. The lowest BCUT2D eigenvalue weighted by Gasteiger charge is -2.31. The molecule has 0 aromatic heterocycles. The molecule has 2 N–H and O–H groups in total. The Morgan fingerprint density at radius 1 is 1.05 bits per heavy atom. The summed E-state index contributed by atoms with van der Waals surface area (Å²) < 4.78 is 15.6. The number of rotatable bonds is 9. The third-order valence-corrected chi connectivity index (χ3v) is 7.18. The van der Waals surface area contributed by atoms with Crippen molar-refractivity contribution in [1.29, 1.82) is 0 Å². The zero-order valence-corrected chi connectivity index (χ0v) is 22.9. The fraction of sp³-hybridized carbons (Fsp3) is 0.607. The first-order chi connectivity index (χ1) is 18.5. The fourth-order valence-corrected chi connectivity index (χ4v) is 5.14. The summed E-state index contributed by atoms with van der Waals surface area (Å²) in [6.07, 6.45) is 1.24. The molecule has 1 heterocycles. The third-order valence-electron chi connectivity index (χ3n) is 7.18. The summed E-state index contributed by atoms with van der Waals surface area (Å²) in [5.74, 6) is -3.08. The van der Waals surface area contributed by atoms with Crippen molar-refractivity contribution < 1.29 is 38.2 Å². The van der Waals surface area contributed by atoms with Crippen molar-refractivity contribution in [3.8, 4) is 0 Å². The van der Waals surface area contributed by atoms with E-state index in [2.05, 4.69) is 15.4 Å². The van der Waals surface area contributed by atoms with Gasteiger partial charge in [0.25, 0.3) is 11.7 Å². The maximum atomic E-state index is 13.9. The first-order valence-corrected chi connectivity index (χ1v) is 13.4. The standard InChI is InChI=1S/C28H37N3O8/c1-28(2,3)39-27(36)30-21(19-14-17-7-5-6-8-18(17)15-19)24(34)31-11-12-38-25(31)23(33)29-20(13-16-9-10-16)22(32)26(35)37-4/h5-8,16,19-21,25H,9-15H2,1-4H3,(H,29,33)(H,30,36)/t20?,21-,25-/m0/s1. The first-order valence-electron chi connectivity index (χ1n) is 13.4. The molecule has 0 bridgehead atoms. The van der Waals surface area contributed by atoms with Crippen molar-refractivity contribution in [3.63, 3.8) is 0 Å². The zero-order valence-electron chi connectivity index (χ0n) is 22.9. The Kier molecular flexibility index (Phi) is 8.58. The number of carbonyl (C=O) groups excluding carboxylic acids is 5. The molecule has 2 fully saturated rings. The van der Waals surface area contributed by atoms with Crippen molar-refractivity contribution in [3.05, 3.63) is 35.4 Å². The van der Waals surface area contributed by atoms with Crippen molar-refractivity contribution in [2.45, 2.75) is 76.8 Å². The number of methoxy groups -OCH3 is 1. The van der Waals surface area contributed by atoms with Crippen LogP contribution in [0, 0.1) is 11.8 Å². The molecule has 1 aliphatic heterocycles. The van der Waals surface area contributed by atoms with Crippen LogP contribution < -0.4 is 10.6 Å². The monoisotopic (exact) mass is 543 g/mol. The molecule has 1 unspecified atom stereocenters. The fourth-order valence-electron chi connectivity index (χ4n) is 5.14. The molecule has 3 aliphatic rings. The Balaban J connectivity index is 1.51. The molecule has 1 saturated heterocycles. The Hall–Kier alpha value is -3.47. The highest BCUT2D eigenvalue weighted by atomic mass is 16.6. The van der Waals surface area contributed by atoms with Crippen LogP contribution in [0.25, 0.3) is 0 Å². The van der Waals surface area contributed by atoms with E-state index in [-0.39, 0.29) is 25.0 Å². The van der Waals surface area contributed by atoms with E-state index < -0.39 is 53.6 Å². The van der Waals surface area contributed by atoms with E-state index in [1.54, 1.807) is 20.8 Å². The van der Waals surface area contributed by atoms with Crippen LogP contribution in [0.5, 0.6) is 0 Å². The highest BCUT2D eigenvalue weighted by Gasteiger charge is 2.44. The topological polar surface area (TPSA) is 140 Å². The van der Waals surface area contributed by atoms with Crippen LogP contribution in [0.3, 0.4) is 0 Å². The second-order valence-electron chi connectivity index (χ2n) is 11.4. The van der Waals surface area contributed by atoms with Crippen LogP contribution in [0.2, 0.25) is 0 Å². The van der Waals surface area contributed by atoms with Crippen molar-refractivity contribution in [2.24, 2.45) is 11.8 Å². The van der Waals surface area contributed by atoms with Crippen molar-refractivity contribution >= 4 is 29.7 Å². The number of amides is 3. The van der Waals surface area contributed by atoms with Gasteiger partial charge in [0.15, 0.2) is 0 Å². The number of ether oxygens (including phenoxy) is 3. The number of hydrogen-bond donors (Lipinski definition) is 2. The summed E-state index contributed by atoms with van der Waals surface area (Å²) in [6.45, 7) is 5.43. The Labute approximate surface area is 227 Å². The third kappa shape index (κ3) is 7.14. The molecule has 0 spiro atoms. The molecular formula is C28H37N3O8. The van der Waals surface area contributed by atoms with Gasteiger partial charge < -0.3 is 29.7 Å². The van der Waals surface area contributed by atoms with Crippen LogP contribution in [-0.4, -0.2) is 78.7 Å². The summed E-state index contributed by atoms with van der Waals surface area (Å²) in [5, 5.41) is 5.35. The molecule has 1 aromatic carbocycles. The predicted molar refractivity (Wildman–Crippen MR) is 138 cm³/mol. The number of fused-ring (bicyclic) bond motifs is 1. The molecule has 0 radical (unpaired) electrons. The molecule has 11 heteroatoms. The molecule has 3 amide bonds. The second-order valence-corrected chi connectivity index (χ2v) is 11.4. The van der Waals surface area contributed by atoms with E-state index in [0.29, 0.717) is 19.3 Å². The smallest absolute Gasteiger partial charge is 0.408 e. The van der Waals surface area contributed by atoms with Gasteiger partial charge in [0.2, 0.25) is 12.1 Å². The van der Waals surface area contributed by atoms with Gasteiger partial charge >= 0.3 is 12.1 Å². The largest absolute Gasteiger partial charge is 0.463 e. The second kappa shape index (κ2) is 11.7. The molecule has 1 aromatic rings. The highest BCUT2D eigenvalue weighted by Crippen LogP contribution is 2.34. The number of nitrogens with one attached hydrogen (secondary N) is 2. The quantitative estimate of drug-likeness (QED) is 0.353. The average molecular weight is 544 g/mol. The van der Waals surface area contributed by atoms with E-state index in [4.69, 9.17) is 9.47 Å². The van der Waals surface area contributed by atoms with Crippen molar-refractivity contribution in [2.75, 3.05) is 20.3 Å². The summed E-state index contributed by atoms with van der Waals surface area (Å²) in [6, 6.07) is 5.82. The number of ketones is 1. The number of carbonyl (C=O) groups is 5. The van der Waals surface area contributed by atoms with E-state index in [1.807, 2.05) is 24.3 Å². The van der Waals surface area contributed by atoms with Gasteiger partial charge in [0.05, 0.1) is 19.8 Å². The van der Waals surface area contributed by atoms with Gasteiger partial charge in [-0.1, -0.05) is 37.1 Å². The van der Waals surface area contributed by atoms with Crippen LogP contribution in [0.15, 0.2) is 24.3 Å². The number of esters is 1. The van der Waals surface area contributed by atoms with E-state index in [0.717, 1.165) is 31.1 Å². The normalized spacial score (nSPS) is 20.5. The van der Waals surface area contributed by atoms with Gasteiger partial charge in [-0.05, 0) is 63.0 Å². The van der Waals surface area contributed by atoms with E-state index >= 15 is 0 Å². The number of nitrogens with zero attached hydrogens (tertiary/aromatic N) is 1. The minimum absolute atomic E-state index is 0.103.